The van der Waals surface area contributed by atoms with E-state index in [1.165, 1.54) is 11.1 Å². The number of hydrogen-bond acceptors (Lipinski definition) is 2. The van der Waals surface area contributed by atoms with Gasteiger partial charge in [0.1, 0.15) is 0 Å². The van der Waals surface area contributed by atoms with E-state index in [2.05, 4.69) is 53.1 Å². The molecule has 0 spiro atoms. The van der Waals surface area contributed by atoms with Gasteiger partial charge in [-0.15, -0.1) is 6.58 Å². The molecule has 1 N–H and O–H groups in total. The molecule has 0 aliphatic rings. The van der Waals surface area contributed by atoms with Crippen molar-refractivity contribution >= 4 is 5.96 Å². The Labute approximate surface area is 128 Å². The Balaban J connectivity index is 2.51. The van der Waals surface area contributed by atoms with E-state index in [1.807, 2.05) is 13.1 Å². The number of allylic oxidation sites excluding steroid dienone is 1. The first-order valence-electron chi connectivity index (χ1n) is 7.30. The van der Waals surface area contributed by atoms with Crippen molar-refractivity contribution in [3.8, 4) is 0 Å². The minimum atomic E-state index is 0.643. The van der Waals surface area contributed by atoms with Crippen LogP contribution in [0.1, 0.15) is 24.0 Å². The van der Waals surface area contributed by atoms with E-state index in [-0.39, 0.29) is 0 Å². The minimum absolute atomic E-state index is 0.643. The second-order valence-corrected chi connectivity index (χ2v) is 5.01. The second-order valence-electron chi connectivity index (χ2n) is 5.01. The average molecular weight is 289 g/mol. The van der Waals surface area contributed by atoms with Crippen LogP contribution in [0.2, 0.25) is 0 Å². The number of hydrogen-bond donors (Lipinski definition) is 1. The van der Waals surface area contributed by atoms with Gasteiger partial charge in [-0.2, -0.15) is 0 Å². The van der Waals surface area contributed by atoms with Crippen molar-refractivity contribution in [1.82, 2.24) is 10.2 Å². The van der Waals surface area contributed by atoms with E-state index in [4.69, 9.17) is 4.74 Å². The maximum Gasteiger partial charge on any atom is 0.193 e. The molecule has 0 aliphatic carbocycles. The van der Waals surface area contributed by atoms with Crippen molar-refractivity contribution in [3.63, 3.8) is 0 Å². The number of aliphatic imine (C=N–C) groups is 1. The highest BCUT2D eigenvalue weighted by molar-refractivity contribution is 5.79. The van der Waals surface area contributed by atoms with Crippen LogP contribution in [0.25, 0.3) is 0 Å². The fraction of sp³-hybridized carbons (Fsp3) is 0.471. The van der Waals surface area contributed by atoms with Crippen LogP contribution < -0.4 is 5.32 Å². The van der Waals surface area contributed by atoms with Crippen molar-refractivity contribution in [2.24, 2.45) is 4.99 Å². The molecule has 0 aromatic heterocycles. The lowest BCUT2D eigenvalue weighted by atomic mass is 10.1. The molecule has 116 valence electrons. The SMILES string of the molecule is C=CCCCN(C)C(=NC)NCc1cccc(COC)c1. The molecule has 0 aliphatic heterocycles. The van der Waals surface area contributed by atoms with Gasteiger partial charge in [-0.05, 0) is 24.0 Å². The van der Waals surface area contributed by atoms with Gasteiger partial charge >= 0.3 is 0 Å². The fourth-order valence-electron chi connectivity index (χ4n) is 2.14. The van der Waals surface area contributed by atoms with Crippen LogP contribution in [0, 0.1) is 0 Å². The highest BCUT2D eigenvalue weighted by Crippen LogP contribution is 2.06. The Morgan fingerprint density at radius 3 is 2.86 bits per heavy atom. The monoisotopic (exact) mass is 289 g/mol. The summed E-state index contributed by atoms with van der Waals surface area (Å²) in [4.78, 5) is 6.46. The number of guanidine groups is 1. The lowest BCUT2D eigenvalue weighted by Gasteiger charge is -2.22. The number of methoxy groups -OCH3 is 1. The number of unbranched alkanes of at least 4 members (excludes halogenated alkanes) is 1. The first kappa shape index (κ1) is 17.2. The largest absolute Gasteiger partial charge is 0.380 e. The van der Waals surface area contributed by atoms with E-state index in [1.54, 1.807) is 7.11 Å². The molecule has 1 aromatic rings. The third kappa shape index (κ3) is 6.45. The Hall–Kier alpha value is -1.81. The summed E-state index contributed by atoms with van der Waals surface area (Å²) in [6, 6.07) is 8.39. The van der Waals surface area contributed by atoms with Crippen molar-refractivity contribution < 1.29 is 4.74 Å². The van der Waals surface area contributed by atoms with Gasteiger partial charge in [-0.1, -0.05) is 30.3 Å². The fourth-order valence-corrected chi connectivity index (χ4v) is 2.14. The summed E-state index contributed by atoms with van der Waals surface area (Å²) in [6.07, 6.45) is 4.07. The molecule has 0 atom stereocenters. The molecule has 0 amide bonds. The summed E-state index contributed by atoms with van der Waals surface area (Å²) in [5, 5.41) is 3.39. The molecule has 0 unspecified atom stereocenters. The Kier molecular flexibility index (Phi) is 8.21. The summed E-state index contributed by atoms with van der Waals surface area (Å²) in [5.74, 6) is 0.913. The van der Waals surface area contributed by atoms with Crippen LogP contribution in [0.15, 0.2) is 41.9 Å². The first-order chi connectivity index (χ1) is 10.2. The normalized spacial score (nSPS) is 11.3. The minimum Gasteiger partial charge on any atom is -0.380 e. The topological polar surface area (TPSA) is 36.9 Å². The third-order valence-electron chi connectivity index (χ3n) is 3.23. The molecule has 1 rings (SSSR count). The van der Waals surface area contributed by atoms with Crippen LogP contribution in [0.4, 0.5) is 0 Å². The third-order valence-corrected chi connectivity index (χ3v) is 3.23. The van der Waals surface area contributed by atoms with Gasteiger partial charge in [0.05, 0.1) is 6.61 Å². The standard InChI is InChI=1S/C17H27N3O/c1-5-6-7-11-20(3)17(18-2)19-13-15-9-8-10-16(12-15)14-21-4/h5,8-10,12H,1,6-7,11,13-14H2,2-4H3,(H,18,19). The molecule has 4 heteroatoms. The highest BCUT2D eigenvalue weighted by atomic mass is 16.5. The van der Waals surface area contributed by atoms with Gasteiger partial charge in [0.2, 0.25) is 0 Å². The summed E-state index contributed by atoms with van der Waals surface area (Å²) in [6.45, 7) is 6.12. The molecular formula is C17H27N3O. The zero-order chi connectivity index (χ0) is 15.5. The van der Waals surface area contributed by atoms with Gasteiger partial charge in [-0.25, -0.2) is 0 Å². The first-order valence-corrected chi connectivity index (χ1v) is 7.30. The van der Waals surface area contributed by atoms with Gasteiger partial charge < -0.3 is 15.0 Å². The number of nitrogens with one attached hydrogen (secondary N) is 1. The van der Waals surface area contributed by atoms with Crippen LogP contribution in [0.3, 0.4) is 0 Å². The van der Waals surface area contributed by atoms with E-state index in [0.29, 0.717) is 6.61 Å². The van der Waals surface area contributed by atoms with E-state index in [0.717, 1.165) is 31.9 Å². The van der Waals surface area contributed by atoms with Crippen molar-refractivity contribution in [1.29, 1.82) is 0 Å². The number of benzene rings is 1. The summed E-state index contributed by atoms with van der Waals surface area (Å²) in [7, 11) is 5.58. The Bertz CT molecular complexity index is 457. The molecular weight excluding hydrogens is 262 g/mol. The van der Waals surface area contributed by atoms with Crippen molar-refractivity contribution in [2.75, 3.05) is 27.7 Å². The molecule has 4 nitrogen and oxygen atoms in total. The molecule has 21 heavy (non-hydrogen) atoms. The number of ether oxygens (including phenoxy) is 1. The van der Waals surface area contributed by atoms with Crippen LogP contribution in [-0.2, 0) is 17.9 Å². The summed E-state index contributed by atoms with van der Waals surface area (Å²) < 4.78 is 5.16. The molecule has 0 fully saturated rings. The van der Waals surface area contributed by atoms with Gasteiger partial charge in [0.15, 0.2) is 5.96 Å². The van der Waals surface area contributed by atoms with Crippen LogP contribution in [0.5, 0.6) is 0 Å². The lowest BCUT2D eigenvalue weighted by Crippen LogP contribution is -2.38. The predicted molar refractivity (Wildman–Crippen MR) is 89.4 cm³/mol. The molecule has 0 bridgehead atoms. The molecule has 0 radical (unpaired) electrons. The average Bonchev–Trinajstić information content (AvgIpc) is 2.49. The van der Waals surface area contributed by atoms with Gasteiger partial charge in [-0.3, -0.25) is 4.99 Å². The number of nitrogens with zero attached hydrogens (tertiary/aromatic N) is 2. The second kappa shape index (κ2) is 10.00. The molecule has 0 heterocycles. The summed E-state index contributed by atoms with van der Waals surface area (Å²) in [5.41, 5.74) is 2.41. The van der Waals surface area contributed by atoms with Crippen LogP contribution >= 0.6 is 0 Å². The lowest BCUT2D eigenvalue weighted by molar-refractivity contribution is 0.185. The Morgan fingerprint density at radius 1 is 1.43 bits per heavy atom. The zero-order valence-electron chi connectivity index (χ0n) is 13.4. The summed E-state index contributed by atoms with van der Waals surface area (Å²) >= 11 is 0. The molecule has 1 aromatic carbocycles. The Morgan fingerprint density at radius 2 is 2.19 bits per heavy atom. The van der Waals surface area contributed by atoms with E-state index in [9.17, 15) is 0 Å². The smallest absolute Gasteiger partial charge is 0.193 e. The van der Waals surface area contributed by atoms with Gasteiger partial charge in [0.25, 0.3) is 0 Å². The van der Waals surface area contributed by atoms with Crippen LogP contribution in [-0.4, -0.2) is 38.6 Å². The van der Waals surface area contributed by atoms with Crippen molar-refractivity contribution in [3.05, 3.63) is 48.0 Å². The number of rotatable bonds is 8. The zero-order valence-corrected chi connectivity index (χ0v) is 13.4. The maximum atomic E-state index is 5.16. The van der Waals surface area contributed by atoms with E-state index < -0.39 is 0 Å². The highest BCUT2D eigenvalue weighted by Gasteiger charge is 2.05. The van der Waals surface area contributed by atoms with E-state index >= 15 is 0 Å². The maximum absolute atomic E-state index is 5.16. The molecule has 0 saturated carbocycles. The van der Waals surface area contributed by atoms with Crippen molar-refractivity contribution in [2.45, 2.75) is 26.0 Å². The molecule has 0 saturated heterocycles. The van der Waals surface area contributed by atoms with Gasteiger partial charge in [0, 0.05) is 34.3 Å². The predicted octanol–water partition coefficient (Wildman–Crippen LogP) is 2.81. The quantitative estimate of drug-likeness (QED) is 0.346.